The molecule has 0 aromatic heterocycles. The van der Waals surface area contributed by atoms with E-state index in [1.54, 1.807) is 18.2 Å². The molecular formula is C21H24N2O3. The summed E-state index contributed by atoms with van der Waals surface area (Å²) in [5.41, 5.74) is 2.58. The molecule has 0 radical (unpaired) electrons. The fraction of sp³-hybridized carbons (Fsp3) is 0.381. The van der Waals surface area contributed by atoms with Gasteiger partial charge in [-0.1, -0.05) is 6.92 Å². The Kier molecular flexibility index (Phi) is 4.69. The lowest BCUT2D eigenvalue weighted by molar-refractivity contribution is 0.102. The summed E-state index contributed by atoms with van der Waals surface area (Å²) in [6.45, 7) is 3.57. The summed E-state index contributed by atoms with van der Waals surface area (Å²) in [4.78, 5) is 15.0. The highest BCUT2D eigenvalue weighted by Gasteiger charge is 2.21. The van der Waals surface area contributed by atoms with E-state index in [-0.39, 0.29) is 12.7 Å². The smallest absolute Gasteiger partial charge is 0.255 e. The third-order valence-electron chi connectivity index (χ3n) is 5.19. The number of hydrogen-bond donors (Lipinski definition) is 1. The Hall–Kier alpha value is -2.69. The Labute approximate surface area is 153 Å². The van der Waals surface area contributed by atoms with Crippen LogP contribution in [0.25, 0.3) is 0 Å². The number of ether oxygens (including phenoxy) is 2. The normalized spacial score (nSPS) is 18.7. The monoisotopic (exact) mass is 352 g/mol. The van der Waals surface area contributed by atoms with Crippen LogP contribution in [0.5, 0.6) is 11.5 Å². The van der Waals surface area contributed by atoms with Gasteiger partial charge in [0.15, 0.2) is 11.5 Å². The molecule has 1 amide bonds. The van der Waals surface area contributed by atoms with Crippen molar-refractivity contribution in [2.45, 2.75) is 38.6 Å². The minimum Gasteiger partial charge on any atom is -0.454 e. The lowest BCUT2D eigenvalue weighted by Gasteiger charge is -2.37. The molecule has 5 heteroatoms. The molecule has 2 aromatic rings. The minimum absolute atomic E-state index is 0.152. The standard InChI is InChI=1S/C21H24N2O3/c1-2-17-5-3-4-12-23(17)18-9-7-16(8-10-18)22-21(24)15-6-11-19-20(13-15)26-14-25-19/h6-11,13,17H,2-5,12,14H2,1H3,(H,22,24). The number of nitrogens with zero attached hydrogens (tertiary/aromatic N) is 1. The molecule has 1 unspecified atom stereocenters. The number of carbonyl (C=O) groups is 1. The maximum Gasteiger partial charge on any atom is 0.255 e. The molecule has 2 aliphatic heterocycles. The molecule has 1 N–H and O–H groups in total. The van der Waals surface area contributed by atoms with Gasteiger partial charge >= 0.3 is 0 Å². The van der Waals surface area contributed by atoms with Crippen molar-refractivity contribution in [3.63, 3.8) is 0 Å². The van der Waals surface area contributed by atoms with Crippen molar-refractivity contribution in [3.05, 3.63) is 48.0 Å². The predicted octanol–water partition coefficient (Wildman–Crippen LogP) is 4.44. The van der Waals surface area contributed by atoms with E-state index < -0.39 is 0 Å². The number of nitrogens with one attached hydrogen (secondary N) is 1. The van der Waals surface area contributed by atoms with Crippen molar-refractivity contribution < 1.29 is 14.3 Å². The maximum absolute atomic E-state index is 12.5. The number of anilines is 2. The van der Waals surface area contributed by atoms with Crippen LogP contribution in [0.4, 0.5) is 11.4 Å². The number of piperidine rings is 1. The first-order valence-electron chi connectivity index (χ1n) is 9.32. The van der Waals surface area contributed by atoms with Crippen molar-refractivity contribution in [2.75, 3.05) is 23.6 Å². The van der Waals surface area contributed by atoms with Gasteiger partial charge < -0.3 is 19.7 Å². The average Bonchev–Trinajstić information content (AvgIpc) is 3.16. The highest BCUT2D eigenvalue weighted by Crippen LogP contribution is 2.33. The number of hydrogen-bond acceptors (Lipinski definition) is 4. The van der Waals surface area contributed by atoms with E-state index in [1.165, 1.54) is 31.4 Å². The predicted molar refractivity (Wildman–Crippen MR) is 102 cm³/mol. The van der Waals surface area contributed by atoms with E-state index in [9.17, 15) is 4.79 Å². The van der Waals surface area contributed by atoms with Gasteiger partial charge in [-0.3, -0.25) is 4.79 Å². The van der Waals surface area contributed by atoms with Gasteiger partial charge in [0.25, 0.3) is 5.91 Å². The largest absolute Gasteiger partial charge is 0.454 e. The SMILES string of the molecule is CCC1CCCCN1c1ccc(NC(=O)c2ccc3c(c2)OCO3)cc1. The molecule has 2 aromatic carbocycles. The molecule has 1 atom stereocenters. The Balaban J connectivity index is 1.44. The Morgan fingerprint density at radius 1 is 1.12 bits per heavy atom. The number of fused-ring (bicyclic) bond motifs is 1. The van der Waals surface area contributed by atoms with E-state index in [2.05, 4.69) is 29.3 Å². The van der Waals surface area contributed by atoms with E-state index in [0.29, 0.717) is 23.1 Å². The molecule has 2 aliphatic rings. The highest BCUT2D eigenvalue weighted by molar-refractivity contribution is 6.04. The van der Waals surface area contributed by atoms with Gasteiger partial charge in [0.2, 0.25) is 6.79 Å². The summed E-state index contributed by atoms with van der Waals surface area (Å²) in [5, 5.41) is 2.95. The van der Waals surface area contributed by atoms with Crippen LogP contribution >= 0.6 is 0 Å². The summed E-state index contributed by atoms with van der Waals surface area (Å²) in [6, 6.07) is 14.0. The fourth-order valence-electron chi connectivity index (χ4n) is 3.74. The molecule has 26 heavy (non-hydrogen) atoms. The van der Waals surface area contributed by atoms with Crippen molar-refractivity contribution >= 4 is 17.3 Å². The van der Waals surface area contributed by atoms with Crippen molar-refractivity contribution in [1.82, 2.24) is 0 Å². The third kappa shape index (κ3) is 3.34. The van der Waals surface area contributed by atoms with Crippen LogP contribution in [0.3, 0.4) is 0 Å². The highest BCUT2D eigenvalue weighted by atomic mass is 16.7. The summed E-state index contributed by atoms with van der Waals surface area (Å²) < 4.78 is 10.6. The molecule has 136 valence electrons. The molecule has 2 heterocycles. The zero-order chi connectivity index (χ0) is 17.9. The zero-order valence-corrected chi connectivity index (χ0v) is 15.0. The van der Waals surface area contributed by atoms with E-state index in [1.807, 2.05) is 12.1 Å². The van der Waals surface area contributed by atoms with Gasteiger partial charge in [-0.05, 0) is 68.1 Å². The molecular weight excluding hydrogens is 328 g/mol. The van der Waals surface area contributed by atoms with Gasteiger partial charge in [0, 0.05) is 29.5 Å². The Bertz CT molecular complexity index is 788. The van der Waals surface area contributed by atoms with Gasteiger partial charge in [-0.25, -0.2) is 0 Å². The molecule has 0 bridgehead atoms. The van der Waals surface area contributed by atoms with Gasteiger partial charge in [-0.2, -0.15) is 0 Å². The van der Waals surface area contributed by atoms with Crippen molar-refractivity contribution in [1.29, 1.82) is 0 Å². The third-order valence-corrected chi connectivity index (χ3v) is 5.19. The van der Waals surface area contributed by atoms with E-state index >= 15 is 0 Å². The second-order valence-electron chi connectivity index (χ2n) is 6.82. The second kappa shape index (κ2) is 7.28. The van der Waals surface area contributed by atoms with Gasteiger partial charge in [-0.15, -0.1) is 0 Å². The number of amides is 1. The first kappa shape index (κ1) is 16.8. The number of benzene rings is 2. The maximum atomic E-state index is 12.5. The Morgan fingerprint density at radius 3 is 2.73 bits per heavy atom. The minimum atomic E-state index is -0.152. The lowest BCUT2D eigenvalue weighted by atomic mass is 9.99. The van der Waals surface area contributed by atoms with Gasteiger partial charge in [0.1, 0.15) is 0 Å². The average molecular weight is 352 g/mol. The number of rotatable bonds is 4. The summed E-state index contributed by atoms with van der Waals surface area (Å²) in [5.74, 6) is 1.14. The summed E-state index contributed by atoms with van der Waals surface area (Å²) in [7, 11) is 0. The molecule has 1 saturated heterocycles. The second-order valence-corrected chi connectivity index (χ2v) is 6.82. The fourth-order valence-corrected chi connectivity index (χ4v) is 3.74. The summed E-state index contributed by atoms with van der Waals surface area (Å²) in [6.07, 6.45) is 5.00. The van der Waals surface area contributed by atoms with Crippen LogP contribution in [-0.2, 0) is 0 Å². The first-order valence-corrected chi connectivity index (χ1v) is 9.32. The van der Waals surface area contributed by atoms with Crippen LogP contribution < -0.4 is 19.7 Å². The molecule has 0 aliphatic carbocycles. The van der Waals surface area contributed by atoms with Crippen LogP contribution in [-0.4, -0.2) is 25.3 Å². The van der Waals surface area contributed by atoms with Crippen LogP contribution in [0.1, 0.15) is 43.0 Å². The van der Waals surface area contributed by atoms with Crippen molar-refractivity contribution in [3.8, 4) is 11.5 Å². The van der Waals surface area contributed by atoms with Crippen LogP contribution in [0.15, 0.2) is 42.5 Å². The molecule has 0 spiro atoms. The first-order chi connectivity index (χ1) is 12.7. The van der Waals surface area contributed by atoms with E-state index in [0.717, 1.165) is 12.2 Å². The lowest BCUT2D eigenvalue weighted by Crippen LogP contribution is -2.39. The van der Waals surface area contributed by atoms with Gasteiger partial charge in [0.05, 0.1) is 0 Å². The van der Waals surface area contributed by atoms with E-state index in [4.69, 9.17) is 9.47 Å². The molecule has 5 nitrogen and oxygen atoms in total. The van der Waals surface area contributed by atoms with Crippen molar-refractivity contribution in [2.24, 2.45) is 0 Å². The zero-order valence-electron chi connectivity index (χ0n) is 15.0. The summed E-state index contributed by atoms with van der Waals surface area (Å²) >= 11 is 0. The number of carbonyl (C=O) groups excluding carboxylic acids is 1. The quantitative estimate of drug-likeness (QED) is 0.884. The van der Waals surface area contributed by atoms with Crippen LogP contribution in [0, 0.1) is 0 Å². The van der Waals surface area contributed by atoms with Crippen LogP contribution in [0.2, 0.25) is 0 Å². The Morgan fingerprint density at radius 2 is 1.92 bits per heavy atom. The molecule has 1 fully saturated rings. The molecule has 4 rings (SSSR count). The topological polar surface area (TPSA) is 50.8 Å². The molecule has 0 saturated carbocycles.